The summed E-state index contributed by atoms with van der Waals surface area (Å²) in [6.45, 7) is 5.02. The highest BCUT2D eigenvalue weighted by Gasteiger charge is 2.18. The minimum Gasteiger partial charge on any atom is -0.383 e. The summed E-state index contributed by atoms with van der Waals surface area (Å²) in [5, 5.41) is 4.68. The van der Waals surface area contributed by atoms with E-state index in [1.807, 2.05) is 54.8 Å². The fourth-order valence-corrected chi connectivity index (χ4v) is 3.67. The predicted molar refractivity (Wildman–Crippen MR) is 113 cm³/mol. The molecule has 0 unspecified atom stereocenters. The Hall–Kier alpha value is -3.52. The molecule has 0 fully saturated rings. The van der Waals surface area contributed by atoms with Crippen molar-refractivity contribution in [3.8, 4) is 5.69 Å². The normalized spacial score (nSPS) is 11.3. The van der Waals surface area contributed by atoms with Crippen LogP contribution in [0.2, 0.25) is 0 Å². The average Bonchev–Trinajstić information content (AvgIpc) is 3.31. The lowest BCUT2D eigenvalue weighted by atomic mass is 10.1. The van der Waals surface area contributed by atoms with E-state index in [-0.39, 0.29) is 17.9 Å². The molecule has 4 aromatic rings. The zero-order chi connectivity index (χ0) is 21.3. The number of hydrogen-bond donors (Lipinski definition) is 0. The summed E-state index contributed by atoms with van der Waals surface area (Å²) in [7, 11) is 1.65. The number of aryl methyl sites for hydroxylation is 1. The van der Waals surface area contributed by atoms with Crippen LogP contribution in [-0.4, -0.2) is 43.4 Å². The number of methoxy groups -OCH3 is 1. The number of carbonyl (C=O) groups is 1. The molecular weight excluding hydrogens is 382 g/mol. The number of fused-ring (bicyclic) bond motifs is 1. The fourth-order valence-electron chi connectivity index (χ4n) is 3.67. The number of para-hydroxylation sites is 1. The molecule has 3 aromatic heterocycles. The molecule has 0 radical (unpaired) electrons. The van der Waals surface area contributed by atoms with Crippen LogP contribution in [0.5, 0.6) is 0 Å². The van der Waals surface area contributed by atoms with E-state index < -0.39 is 0 Å². The van der Waals surface area contributed by atoms with Crippen LogP contribution in [0.15, 0.2) is 53.7 Å². The van der Waals surface area contributed by atoms with Crippen molar-refractivity contribution < 1.29 is 9.53 Å². The van der Waals surface area contributed by atoms with Gasteiger partial charge < -0.3 is 9.30 Å². The van der Waals surface area contributed by atoms with Gasteiger partial charge in [0.25, 0.3) is 5.56 Å². The number of benzene rings is 1. The Morgan fingerprint density at radius 1 is 1.17 bits per heavy atom. The molecule has 0 aliphatic rings. The number of carbonyl (C=O) groups excluding carboxylic acids is 1. The third kappa shape index (κ3) is 3.46. The largest absolute Gasteiger partial charge is 0.383 e. The van der Waals surface area contributed by atoms with Gasteiger partial charge in [-0.25, -0.2) is 9.67 Å². The Labute approximate surface area is 173 Å². The van der Waals surface area contributed by atoms with E-state index in [0.29, 0.717) is 29.7 Å². The van der Waals surface area contributed by atoms with Crippen molar-refractivity contribution in [2.24, 2.45) is 0 Å². The van der Waals surface area contributed by atoms with Crippen molar-refractivity contribution in [1.29, 1.82) is 0 Å². The topological polar surface area (TPSA) is 83.9 Å². The van der Waals surface area contributed by atoms with Gasteiger partial charge in [-0.1, -0.05) is 18.2 Å². The number of nitrogens with zero attached hydrogens (tertiary/aromatic N) is 5. The maximum absolute atomic E-state index is 12.9. The molecule has 0 saturated heterocycles. The summed E-state index contributed by atoms with van der Waals surface area (Å²) in [5.41, 5.74) is 3.45. The molecule has 154 valence electrons. The van der Waals surface area contributed by atoms with E-state index in [1.54, 1.807) is 11.8 Å². The van der Waals surface area contributed by atoms with Crippen molar-refractivity contribution in [3.05, 3.63) is 76.2 Å². The maximum atomic E-state index is 12.9. The SMILES string of the molecule is COCCn1c(C)cc(C(=O)Cn2cnc3c(cnn3-c3ccccc3)c2=O)c1C. The Bertz CT molecular complexity index is 1270. The lowest BCUT2D eigenvalue weighted by Crippen LogP contribution is -2.25. The molecule has 0 aliphatic carbocycles. The predicted octanol–water partition coefficient (Wildman–Crippen LogP) is 2.53. The molecule has 3 heterocycles. The molecule has 0 spiro atoms. The second-order valence-electron chi connectivity index (χ2n) is 7.16. The lowest BCUT2D eigenvalue weighted by Gasteiger charge is -2.09. The first kappa shape index (κ1) is 19.8. The summed E-state index contributed by atoms with van der Waals surface area (Å²) >= 11 is 0. The molecule has 0 N–H and O–H groups in total. The number of rotatable bonds is 7. The van der Waals surface area contributed by atoms with Crippen LogP contribution in [0, 0.1) is 13.8 Å². The van der Waals surface area contributed by atoms with Crippen LogP contribution in [0.25, 0.3) is 16.7 Å². The quantitative estimate of drug-likeness (QED) is 0.441. The number of ketones is 1. The molecule has 0 amide bonds. The van der Waals surface area contributed by atoms with E-state index >= 15 is 0 Å². The number of aromatic nitrogens is 5. The first-order valence-electron chi connectivity index (χ1n) is 9.68. The molecule has 8 heteroatoms. The van der Waals surface area contributed by atoms with Crippen LogP contribution in [0.4, 0.5) is 0 Å². The average molecular weight is 405 g/mol. The highest BCUT2D eigenvalue weighted by atomic mass is 16.5. The Morgan fingerprint density at radius 3 is 2.67 bits per heavy atom. The summed E-state index contributed by atoms with van der Waals surface area (Å²) in [6, 6.07) is 11.3. The smallest absolute Gasteiger partial charge is 0.264 e. The van der Waals surface area contributed by atoms with Gasteiger partial charge in [-0.05, 0) is 32.0 Å². The zero-order valence-corrected chi connectivity index (χ0v) is 17.2. The molecule has 0 bridgehead atoms. The number of hydrogen-bond acceptors (Lipinski definition) is 5. The number of ether oxygens (including phenoxy) is 1. The monoisotopic (exact) mass is 405 g/mol. The van der Waals surface area contributed by atoms with E-state index in [9.17, 15) is 9.59 Å². The second-order valence-corrected chi connectivity index (χ2v) is 7.16. The van der Waals surface area contributed by atoms with Crippen molar-refractivity contribution in [2.45, 2.75) is 26.9 Å². The summed E-state index contributed by atoms with van der Waals surface area (Å²) in [5.74, 6) is -0.134. The third-order valence-electron chi connectivity index (χ3n) is 5.26. The van der Waals surface area contributed by atoms with Gasteiger partial charge in [-0.15, -0.1) is 0 Å². The Balaban J connectivity index is 1.64. The van der Waals surface area contributed by atoms with Crippen LogP contribution in [-0.2, 0) is 17.8 Å². The van der Waals surface area contributed by atoms with E-state index in [4.69, 9.17) is 4.74 Å². The van der Waals surface area contributed by atoms with Gasteiger partial charge in [-0.3, -0.25) is 14.2 Å². The summed E-state index contributed by atoms with van der Waals surface area (Å²) in [4.78, 5) is 30.3. The molecule has 0 aliphatic heterocycles. The van der Waals surface area contributed by atoms with Crippen LogP contribution < -0.4 is 5.56 Å². The van der Waals surface area contributed by atoms with Gasteiger partial charge in [0.15, 0.2) is 11.4 Å². The molecule has 8 nitrogen and oxygen atoms in total. The van der Waals surface area contributed by atoms with Crippen molar-refractivity contribution in [2.75, 3.05) is 13.7 Å². The minimum atomic E-state index is -0.288. The standard InChI is InChI=1S/C22H23N5O3/c1-15-11-18(16(2)26(15)9-10-30-3)20(28)13-25-14-23-21-19(22(25)29)12-24-27(21)17-7-5-4-6-8-17/h4-8,11-12,14H,9-10,13H2,1-3H3. The lowest BCUT2D eigenvalue weighted by molar-refractivity contribution is 0.0969. The second kappa shape index (κ2) is 8.08. The van der Waals surface area contributed by atoms with E-state index in [2.05, 4.69) is 10.1 Å². The first-order valence-corrected chi connectivity index (χ1v) is 9.68. The van der Waals surface area contributed by atoms with Gasteiger partial charge in [0.05, 0.1) is 25.0 Å². The van der Waals surface area contributed by atoms with Crippen molar-refractivity contribution in [3.63, 3.8) is 0 Å². The zero-order valence-electron chi connectivity index (χ0n) is 17.2. The molecule has 4 rings (SSSR count). The molecule has 0 atom stereocenters. The number of Topliss-reactive ketones (excluding diaryl/α,β-unsaturated/α-hetero) is 1. The van der Waals surface area contributed by atoms with Gasteiger partial charge in [0.1, 0.15) is 11.7 Å². The molecule has 0 saturated carbocycles. The highest BCUT2D eigenvalue weighted by Crippen LogP contribution is 2.17. The Morgan fingerprint density at radius 2 is 1.93 bits per heavy atom. The molecular formula is C22H23N5O3. The van der Waals surface area contributed by atoms with Crippen LogP contribution in [0.3, 0.4) is 0 Å². The van der Waals surface area contributed by atoms with E-state index in [0.717, 1.165) is 17.1 Å². The van der Waals surface area contributed by atoms with E-state index in [1.165, 1.54) is 17.1 Å². The van der Waals surface area contributed by atoms with Crippen LogP contribution in [0.1, 0.15) is 21.7 Å². The van der Waals surface area contributed by atoms with Gasteiger partial charge in [-0.2, -0.15) is 5.10 Å². The fraction of sp³-hybridized carbons (Fsp3) is 0.273. The minimum absolute atomic E-state index is 0.0765. The van der Waals surface area contributed by atoms with Crippen molar-refractivity contribution in [1.82, 2.24) is 23.9 Å². The summed E-state index contributed by atoms with van der Waals surface area (Å²) in [6.07, 6.45) is 2.91. The third-order valence-corrected chi connectivity index (χ3v) is 5.26. The van der Waals surface area contributed by atoms with Gasteiger partial charge in [0.2, 0.25) is 0 Å². The first-order chi connectivity index (χ1) is 14.5. The summed E-state index contributed by atoms with van der Waals surface area (Å²) < 4.78 is 10.1. The molecule has 30 heavy (non-hydrogen) atoms. The maximum Gasteiger partial charge on any atom is 0.264 e. The van der Waals surface area contributed by atoms with Gasteiger partial charge in [0, 0.05) is 30.6 Å². The van der Waals surface area contributed by atoms with Gasteiger partial charge >= 0.3 is 0 Å². The van der Waals surface area contributed by atoms with Crippen molar-refractivity contribution >= 4 is 16.8 Å². The molecule has 1 aromatic carbocycles. The van der Waals surface area contributed by atoms with Crippen LogP contribution >= 0.6 is 0 Å². The highest BCUT2D eigenvalue weighted by molar-refractivity contribution is 5.97. The Kier molecular flexibility index (Phi) is 5.33.